The molecule has 6 rings (SSSR count). The lowest BCUT2D eigenvalue weighted by molar-refractivity contribution is -0.112. The summed E-state index contributed by atoms with van der Waals surface area (Å²) >= 11 is 0. The Balaban J connectivity index is 1.05. The zero-order chi connectivity index (χ0) is 36.2. The van der Waals surface area contributed by atoms with Crippen LogP contribution in [-0.4, -0.2) is 74.5 Å². The summed E-state index contributed by atoms with van der Waals surface area (Å²) in [5.74, 6) is -3.73. The maximum absolute atomic E-state index is 12.9. The summed E-state index contributed by atoms with van der Waals surface area (Å²) in [6.07, 6.45) is -1.74. The third kappa shape index (κ3) is 7.42. The van der Waals surface area contributed by atoms with E-state index in [1.165, 1.54) is 31.2 Å². The highest BCUT2D eigenvalue weighted by Gasteiger charge is 2.45. The van der Waals surface area contributed by atoms with Gasteiger partial charge in [0.05, 0.1) is 13.2 Å². The second-order valence-electron chi connectivity index (χ2n) is 12.0. The van der Waals surface area contributed by atoms with Crippen LogP contribution in [0.2, 0.25) is 0 Å². The summed E-state index contributed by atoms with van der Waals surface area (Å²) in [5, 5.41) is 65.3. The fourth-order valence-electron chi connectivity index (χ4n) is 5.72. The molecule has 4 aromatic carbocycles. The Morgan fingerprint density at radius 3 is 2.33 bits per heavy atom. The Morgan fingerprint density at radius 2 is 1.59 bits per heavy atom. The van der Waals surface area contributed by atoms with Gasteiger partial charge in [-0.3, -0.25) is 4.79 Å². The van der Waals surface area contributed by atoms with Crippen molar-refractivity contribution < 1.29 is 59.1 Å². The summed E-state index contributed by atoms with van der Waals surface area (Å²) in [5.41, 5.74) is 3.83. The van der Waals surface area contributed by atoms with E-state index < -0.39 is 53.4 Å². The monoisotopic (exact) mass is 699 g/mol. The molecule has 0 radical (unpaired) electrons. The molecule has 266 valence electrons. The molecule has 1 saturated heterocycles. The molecular weight excluding hydrogens is 662 g/mol. The van der Waals surface area contributed by atoms with E-state index in [2.05, 4.69) is 5.32 Å². The van der Waals surface area contributed by atoms with Gasteiger partial charge in [0.15, 0.2) is 23.0 Å². The summed E-state index contributed by atoms with van der Waals surface area (Å²) in [6, 6.07) is 22.2. The largest absolute Gasteiger partial charge is 0.504 e. The molecule has 51 heavy (non-hydrogen) atoms. The highest BCUT2D eigenvalue weighted by atomic mass is 16.7. The Kier molecular flexibility index (Phi) is 10.3. The van der Waals surface area contributed by atoms with E-state index in [1.807, 2.05) is 54.6 Å². The number of aliphatic hydroxyl groups excluding tert-OH is 2. The van der Waals surface area contributed by atoms with Crippen LogP contribution < -0.4 is 19.5 Å². The average Bonchev–Trinajstić information content (AvgIpc) is 3.74. The zero-order valence-electron chi connectivity index (χ0n) is 27.6. The van der Waals surface area contributed by atoms with E-state index in [0.717, 1.165) is 16.7 Å². The van der Waals surface area contributed by atoms with E-state index in [0.29, 0.717) is 17.7 Å². The number of anilines is 1. The van der Waals surface area contributed by atoms with Gasteiger partial charge >= 0.3 is 0 Å². The van der Waals surface area contributed by atoms with Gasteiger partial charge in [0.1, 0.15) is 24.0 Å². The van der Waals surface area contributed by atoms with Gasteiger partial charge in [-0.2, -0.15) is 0 Å². The number of phenolic OH excluding ortho intramolecular Hbond substituents is 4. The number of ether oxygens (including phenoxy) is 5. The molecule has 4 aromatic rings. The summed E-state index contributed by atoms with van der Waals surface area (Å²) < 4.78 is 27.6. The summed E-state index contributed by atoms with van der Waals surface area (Å²) in [7, 11) is 0. The third-order valence-electron chi connectivity index (χ3n) is 8.50. The summed E-state index contributed by atoms with van der Waals surface area (Å²) in [4.78, 5) is 12.9. The highest BCUT2D eigenvalue weighted by molar-refractivity contribution is 6.08. The minimum absolute atomic E-state index is 0.0427. The van der Waals surface area contributed by atoms with Crippen LogP contribution in [0.1, 0.15) is 25.0 Å². The first-order valence-electron chi connectivity index (χ1n) is 16.0. The van der Waals surface area contributed by atoms with E-state index >= 15 is 0 Å². The van der Waals surface area contributed by atoms with Gasteiger partial charge in [-0.1, -0.05) is 66.7 Å². The molecule has 4 atom stereocenters. The van der Waals surface area contributed by atoms with E-state index in [-0.39, 0.29) is 42.0 Å². The maximum Gasteiger partial charge on any atom is 0.251 e. The number of carbonyl (C=O) groups is 1. The molecule has 0 aliphatic carbocycles. The predicted octanol–water partition coefficient (Wildman–Crippen LogP) is 4.94. The van der Waals surface area contributed by atoms with E-state index in [9.17, 15) is 35.4 Å². The number of amides is 1. The molecular formula is C38H37NO12. The van der Waals surface area contributed by atoms with Crippen molar-refractivity contribution >= 4 is 17.7 Å². The Hall–Kier alpha value is -5.73. The second kappa shape index (κ2) is 15.0. The van der Waals surface area contributed by atoms with Crippen LogP contribution in [0.15, 0.2) is 90.0 Å². The minimum atomic E-state index is -1.43. The molecule has 2 aliphatic rings. The van der Waals surface area contributed by atoms with Crippen molar-refractivity contribution in [2.45, 2.75) is 45.1 Å². The fraction of sp³-hybridized carbons (Fsp3) is 0.237. The topological polar surface area (TPSA) is 197 Å². The second-order valence-corrected chi connectivity index (χ2v) is 12.0. The van der Waals surface area contributed by atoms with Crippen molar-refractivity contribution in [1.29, 1.82) is 0 Å². The standard InChI is InChI=1S/C38H37NO12/c1-20(14-15-47-18-24-10-6-7-11-25(24)23-8-4-3-5-9-23)34-32(44)33(45)38(51-34)50-27-13-12-22(17-26(27)40)16-21(2)37(46)39-28-29(41)31(43)36-35(30(28)42)48-19-49-36/h3-14,16-17,32-34,38,40-45H,15,18-19H2,1-2H3,(H,39,46)/t32-,33-,34+,38+/m0/s1. The molecule has 2 aliphatic heterocycles. The van der Waals surface area contributed by atoms with Gasteiger partial charge in [0, 0.05) is 5.57 Å². The zero-order valence-corrected chi connectivity index (χ0v) is 27.6. The van der Waals surface area contributed by atoms with Gasteiger partial charge in [0.2, 0.25) is 30.3 Å². The van der Waals surface area contributed by atoms with E-state index in [1.54, 1.807) is 13.0 Å². The Morgan fingerprint density at radius 1 is 0.882 bits per heavy atom. The van der Waals surface area contributed by atoms with Crippen LogP contribution in [0.4, 0.5) is 5.69 Å². The van der Waals surface area contributed by atoms with Gasteiger partial charge in [-0.05, 0) is 59.9 Å². The van der Waals surface area contributed by atoms with E-state index in [4.69, 9.17) is 23.7 Å². The number of benzene rings is 4. The SMILES string of the molecule is CC(=Cc1ccc(O[C@@H]2O[C@H](C(C)=CCOCc3ccccc3-c3ccccc3)[C@@H](O)[C@@H]2O)c(O)c1)C(=O)Nc1c(O)c(O)c2c(c1O)OCO2. The number of hydrogen-bond donors (Lipinski definition) is 7. The van der Waals surface area contributed by atoms with Gasteiger partial charge in [0.25, 0.3) is 5.91 Å². The molecule has 13 heteroatoms. The van der Waals surface area contributed by atoms with Gasteiger partial charge < -0.3 is 59.6 Å². The molecule has 1 fully saturated rings. The third-order valence-corrected chi connectivity index (χ3v) is 8.50. The van der Waals surface area contributed by atoms with Crippen molar-refractivity contribution in [3.63, 3.8) is 0 Å². The first-order chi connectivity index (χ1) is 24.5. The predicted molar refractivity (Wildman–Crippen MR) is 185 cm³/mol. The van der Waals surface area contributed by atoms with Crippen molar-refractivity contribution in [3.8, 4) is 51.4 Å². The first-order valence-corrected chi connectivity index (χ1v) is 16.0. The number of fused-ring (bicyclic) bond motifs is 1. The van der Waals surface area contributed by atoms with Gasteiger partial charge in [-0.25, -0.2) is 0 Å². The number of nitrogens with one attached hydrogen (secondary N) is 1. The number of rotatable bonds is 11. The maximum atomic E-state index is 12.9. The lowest BCUT2D eigenvalue weighted by Gasteiger charge is -2.18. The van der Waals surface area contributed by atoms with Crippen molar-refractivity contribution in [2.24, 2.45) is 0 Å². The molecule has 13 nitrogen and oxygen atoms in total. The smallest absolute Gasteiger partial charge is 0.251 e. The van der Waals surface area contributed by atoms with Crippen LogP contribution in [-0.2, 0) is 20.9 Å². The number of hydrogen-bond acceptors (Lipinski definition) is 12. The van der Waals surface area contributed by atoms with Crippen molar-refractivity contribution in [1.82, 2.24) is 0 Å². The van der Waals surface area contributed by atoms with Crippen LogP contribution in [0.5, 0.6) is 40.2 Å². The van der Waals surface area contributed by atoms with Crippen LogP contribution >= 0.6 is 0 Å². The highest BCUT2D eigenvalue weighted by Crippen LogP contribution is 2.56. The quantitative estimate of drug-likeness (QED) is 0.0367. The Labute approximate surface area is 292 Å². The summed E-state index contributed by atoms with van der Waals surface area (Å²) in [6.45, 7) is 3.51. The molecule has 2 heterocycles. The number of aromatic hydroxyl groups is 4. The number of aliphatic hydroxyl groups is 2. The normalized spacial score (nSPS) is 20.0. The first kappa shape index (κ1) is 35.1. The Bertz CT molecular complexity index is 1980. The van der Waals surface area contributed by atoms with Crippen LogP contribution in [0.25, 0.3) is 17.2 Å². The molecule has 1 amide bonds. The molecule has 0 bridgehead atoms. The molecule has 0 spiro atoms. The van der Waals surface area contributed by atoms with Crippen molar-refractivity contribution in [3.05, 3.63) is 101 Å². The van der Waals surface area contributed by atoms with Crippen LogP contribution in [0, 0.1) is 0 Å². The van der Waals surface area contributed by atoms with Gasteiger partial charge in [-0.15, -0.1) is 0 Å². The molecule has 7 N–H and O–H groups in total. The fourth-order valence-corrected chi connectivity index (χ4v) is 5.72. The minimum Gasteiger partial charge on any atom is -0.504 e. The lowest BCUT2D eigenvalue weighted by atomic mass is 10.0. The molecule has 0 aromatic heterocycles. The molecule has 0 unspecified atom stereocenters. The van der Waals surface area contributed by atoms with Crippen LogP contribution in [0.3, 0.4) is 0 Å². The lowest BCUT2D eigenvalue weighted by Crippen LogP contribution is -2.35. The number of carbonyl (C=O) groups excluding carboxylic acids is 1. The van der Waals surface area contributed by atoms with Crippen molar-refractivity contribution in [2.75, 3.05) is 18.7 Å². The molecule has 0 saturated carbocycles. The number of phenols is 4. The average molecular weight is 700 g/mol.